The molecule has 0 aliphatic rings. The Morgan fingerprint density at radius 2 is 1.75 bits per heavy atom. The molecule has 6 nitrogen and oxygen atoms in total. The average Bonchev–Trinajstić information content (AvgIpc) is 2.32. The summed E-state index contributed by atoms with van der Waals surface area (Å²) in [5.41, 5.74) is 3.41. The second-order valence-corrected chi connectivity index (χ2v) is 4.78. The van der Waals surface area contributed by atoms with Crippen LogP contribution < -0.4 is 21.3 Å². The summed E-state index contributed by atoms with van der Waals surface area (Å²) >= 11 is 4.93. The predicted molar refractivity (Wildman–Crippen MR) is 86.4 cm³/mol. The first-order chi connectivity index (χ1) is 9.33. The van der Waals surface area contributed by atoms with E-state index < -0.39 is 0 Å². The van der Waals surface area contributed by atoms with Gasteiger partial charge in [-0.15, -0.1) is 0 Å². The van der Waals surface area contributed by atoms with Crippen molar-refractivity contribution in [2.75, 3.05) is 17.7 Å². The summed E-state index contributed by atoms with van der Waals surface area (Å²) in [4.78, 5) is 11.1. The third kappa shape index (κ3) is 4.51. The minimum absolute atomic E-state index is 0.0860. The molecule has 0 saturated carbocycles. The second-order valence-electron chi connectivity index (χ2n) is 4.37. The van der Waals surface area contributed by atoms with Crippen molar-refractivity contribution in [2.45, 2.75) is 20.8 Å². The number of carbonyl (C=O) groups excluding carboxylic acids is 1. The Labute approximate surface area is 123 Å². The predicted octanol–water partition coefficient (Wildman–Crippen LogP) is 1.70. The minimum Gasteiger partial charge on any atom is -0.365 e. The molecule has 0 radical (unpaired) electrons. The molecule has 1 aromatic carbocycles. The number of hydrogen-bond donors (Lipinski definition) is 5. The molecule has 0 atom stereocenters. The van der Waals surface area contributed by atoms with Crippen molar-refractivity contribution in [1.29, 1.82) is 5.41 Å². The van der Waals surface area contributed by atoms with Crippen molar-refractivity contribution >= 4 is 40.6 Å². The van der Waals surface area contributed by atoms with Gasteiger partial charge < -0.3 is 21.3 Å². The van der Waals surface area contributed by atoms with E-state index in [0.717, 1.165) is 22.5 Å². The molecule has 1 amide bonds. The van der Waals surface area contributed by atoms with Gasteiger partial charge in [0.05, 0.1) is 0 Å². The summed E-state index contributed by atoms with van der Waals surface area (Å²) in [6, 6.07) is 3.70. The van der Waals surface area contributed by atoms with Gasteiger partial charge in [-0.1, -0.05) is 0 Å². The number of anilines is 2. The zero-order valence-corrected chi connectivity index (χ0v) is 12.8. The summed E-state index contributed by atoms with van der Waals surface area (Å²) in [5, 5.41) is 19.3. The molecular weight excluding hydrogens is 274 g/mol. The SMILES string of the molecule is CNC(=S)NC(=N)Nc1c(C)cc(NC(C)=O)cc1C. The highest BCUT2D eigenvalue weighted by Gasteiger charge is 2.08. The van der Waals surface area contributed by atoms with Crippen LogP contribution in [0.25, 0.3) is 0 Å². The molecule has 0 unspecified atom stereocenters. The van der Waals surface area contributed by atoms with Crippen LogP contribution in [0.3, 0.4) is 0 Å². The minimum atomic E-state index is -0.113. The first-order valence-electron chi connectivity index (χ1n) is 6.06. The van der Waals surface area contributed by atoms with E-state index in [1.54, 1.807) is 7.05 Å². The van der Waals surface area contributed by atoms with Crippen LogP contribution >= 0.6 is 12.2 Å². The lowest BCUT2D eigenvalue weighted by molar-refractivity contribution is -0.114. The van der Waals surface area contributed by atoms with Crippen LogP contribution in [-0.4, -0.2) is 24.0 Å². The fourth-order valence-corrected chi connectivity index (χ4v) is 1.87. The van der Waals surface area contributed by atoms with Crippen LogP contribution in [0.15, 0.2) is 12.1 Å². The largest absolute Gasteiger partial charge is 0.365 e. The molecule has 0 saturated heterocycles. The molecule has 0 bridgehead atoms. The number of guanidine groups is 1. The molecule has 108 valence electrons. The van der Waals surface area contributed by atoms with E-state index in [1.807, 2.05) is 26.0 Å². The lowest BCUT2D eigenvalue weighted by atomic mass is 10.1. The van der Waals surface area contributed by atoms with E-state index in [-0.39, 0.29) is 11.9 Å². The van der Waals surface area contributed by atoms with E-state index in [4.69, 9.17) is 17.6 Å². The summed E-state index contributed by atoms with van der Waals surface area (Å²) in [6.45, 7) is 5.28. The van der Waals surface area contributed by atoms with E-state index >= 15 is 0 Å². The lowest BCUT2D eigenvalue weighted by Crippen LogP contribution is -2.40. The van der Waals surface area contributed by atoms with Gasteiger partial charge in [0.2, 0.25) is 5.91 Å². The maximum atomic E-state index is 11.1. The van der Waals surface area contributed by atoms with Gasteiger partial charge in [-0.25, -0.2) is 0 Å². The standard InChI is InChI=1S/C13H19N5OS/c1-7-5-10(16-9(3)19)6-8(2)11(7)17-12(14)18-13(20)15-4/h5-6H,1-4H3,(H,16,19)(H4,14,15,17,18,20). The molecular formula is C13H19N5OS. The quantitative estimate of drug-likeness (QED) is 0.325. The number of amides is 1. The summed E-state index contributed by atoms with van der Waals surface area (Å²) in [6.07, 6.45) is 0. The van der Waals surface area contributed by atoms with Gasteiger partial charge in [0.15, 0.2) is 11.1 Å². The van der Waals surface area contributed by atoms with Crippen molar-refractivity contribution < 1.29 is 4.79 Å². The van der Waals surface area contributed by atoms with Gasteiger partial charge in [0.1, 0.15) is 0 Å². The number of carbonyl (C=O) groups is 1. The van der Waals surface area contributed by atoms with Crippen LogP contribution in [0.1, 0.15) is 18.1 Å². The highest BCUT2D eigenvalue weighted by molar-refractivity contribution is 7.80. The molecule has 1 aromatic rings. The zero-order valence-electron chi connectivity index (χ0n) is 12.0. The molecule has 0 aliphatic heterocycles. The number of hydrogen-bond acceptors (Lipinski definition) is 3. The number of nitrogens with one attached hydrogen (secondary N) is 5. The lowest BCUT2D eigenvalue weighted by Gasteiger charge is -2.16. The maximum Gasteiger partial charge on any atom is 0.221 e. The first kappa shape index (κ1) is 15.9. The Bertz CT molecular complexity index is 533. The van der Waals surface area contributed by atoms with Crippen LogP contribution in [0.5, 0.6) is 0 Å². The Hall–Kier alpha value is -2.15. The fraction of sp³-hybridized carbons (Fsp3) is 0.308. The van der Waals surface area contributed by atoms with Gasteiger partial charge in [0.25, 0.3) is 0 Å². The van der Waals surface area contributed by atoms with Gasteiger partial charge in [-0.2, -0.15) is 0 Å². The van der Waals surface area contributed by atoms with E-state index in [0.29, 0.717) is 5.11 Å². The normalized spacial score (nSPS) is 9.60. The molecule has 0 aliphatic carbocycles. The third-order valence-corrected chi connectivity index (χ3v) is 2.87. The van der Waals surface area contributed by atoms with Gasteiger partial charge >= 0.3 is 0 Å². The van der Waals surface area contributed by atoms with Crippen molar-refractivity contribution in [3.8, 4) is 0 Å². The summed E-state index contributed by atoms with van der Waals surface area (Å²) in [7, 11) is 1.68. The second kappa shape index (κ2) is 6.85. The van der Waals surface area contributed by atoms with Crippen LogP contribution in [-0.2, 0) is 4.79 Å². The third-order valence-electron chi connectivity index (χ3n) is 2.57. The Morgan fingerprint density at radius 3 is 2.20 bits per heavy atom. The zero-order chi connectivity index (χ0) is 15.3. The summed E-state index contributed by atoms with van der Waals surface area (Å²) < 4.78 is 0. The molecule has 7 heteroatoms. The monoisotopic (exact) mass is 293 g/mol. The number of rotatable bonds is 2. The van der Waals surface area contributed by atoms with Crippen molar-refractivity contribution in [3.05, 3.63) is 23.3 Å². The maximum absolute atomic E-state index is 11.1. The van der Waals surface area contributed by atoms with E-state index in [2.05, 4.69) is 21.3 Å². The van der Waals surface area contributed by atoms with Crippen LogP contribution in [0.4, 0.5) is 11.4 Å². The molecule has 0 spiro atoms. The fourth-order valence-electron chi connectivity index (χ4n) is 1.77. The van der Waals surface area contributed by atoms with Gasteiger partial charge in [0, 0.05) is 25.3 Å². The average molecular weight is 293 g/mol. The Kier molecular flexibility index (Phi) is 5.45. The molecule has 0 heterocycles. The topological polar surface area (TPSA) is 89.0 Å². The Balaban J connectivity index is 2.88. The number of thiocarbonyl (C=S) groups is 1. The molecule has 20 heavy (non-hydrogen) atoms. The molecule has 0 fully saturated rings. The van der Waals surface area contributed by atoms with E-state index in [9.17, 15) is 4.79 Å². The molecule has 0 aromatic heterocycles. The number of benzene rings is 1. The van der Waals surface area contributed by atoms with Gasteiger partial charge in [-0.3, -0.25) is 10.2 Å². The van der Waals surface area contributed by atoms with Gasteiger partial charge in [-0.05, 0) is 49.3 Å². The van der Waals surface area contributed by atoms with E-state index in [1.165, 1.54) is 6.92 Å². The number of aryl methyl sites for hydroxylation is 2. The highest BCUT2D eigenvalue weighted by Crippen LogP contribution is 2.24. The Morgan fingerprint density at radius 1 is 1.20 bits per heavy atom. The smallest absolute Gasteiger partial charge is 0.221 e. The van der Waals surface area contributed by atoms with Crippen LogP contribution in [0, 0.1) is 19.3 Å². The molecule has 1 rings (SSSR count). The van der Waals surface area contributed by atoms with Crippen molar-refractivity contribution in [3.63, 3.8) is 0 Å². The highest BCUT2D eigenvalue weighted by atomic mass is 32.1. The van der Waals surface area contributed by atoms with Crippen molar-refractivity contribution in [1.82, 2.24) is 10.6 Å². The van der Waals surface area contributed by atoms with Crippen molar-refractivity contribution in [2.24, 2.45) is 0 Å². The van der Waals surface area contributed by atoms with Crippen LogP contribution in [0.2, 0.25) is 0 Å². The first-order valence-corrected chi connectivity index (χ1v) is 6.47. The summed E-state index contributed by atoms with van der Waals surface area (Å²) in [5.74, 6) is -0.0267. The molecule has 5 N–H and O–H groups in total.